The van der Waals surface area contributed by atoms with Gasteiger partial charge in [0, 0.05) is 18.8 Å². The molecule has 0 aromatic carbocycles. The number of furan rings is 1. The van der Waals surface area contributed by atoms with Crippen molar-refractivity contribution in [1.82, 2.24) is 9.78 Å². The summed E-state index contributed by atoms with van der Waals surface area (Å²) in [6, 6.07) is 2.78. The van der Waals surface area contributed by atoms with E-state index in [0.717, 1.165) is 5.69 Å². The first-order valence-electron chi connectivity index (χ1n) is 5.56. The van der Waals surface area contributed by atoms with E-state index in [9.17, 15) is 9.90 Å². The van der Waals surface area contributed by atoms with Crippen molar-refractivity contribution in [2.45, 2.75) is 19.4 Å². The van der Waals surface area contributed by atoms with Crippen molar-refractivity contribution in [1.29, 1.82) is 0 Å². The Balaban J connectivity index is 2.34. The fourth-order valence-corrected chi connectivity index (χ4v) is 1.82. The van der Waals surface area contributed by atoms with Crippen LogP contribution in [0.3, 0.4) is 0 Å². The van der Waals surface area contributed by atoms with Gasteiger partial charge >= 0.3 is 5.97 Å². The molecule has 18 heavy (non-hydrogen) atoms. The van der Waals surface area contributed by atoms with Gasteiger partial charge in [0.15, 0.2) is 0 Å². The Morgan fingerprint density at radius 3 is 2.83 bits per heavy atom. The molecule has 0 aliphatic carbocycles. The van der Waals surface area contributed by atoms with Gasteiger partial charge in [-0.2, -0.15) is 5.10 Å². The van der Waals surface area contributed by atoms with E-state index in [1.165, 1.54) is 12.1 Å². The van der Waals surface area contributed by atoms with E-state index in [0.29, 0.717) is 12.0 Å². The van der Waals surface area contributed by atoms with Crippen LogP contribution in [-0.2, 0) is 13.5 Å². The summed E-state index contributed by atoms with van der Waals surface area (Å²) < 4.78 is 6.69. The first kappa shape index (κ1) is 12.4. The fourth-order valence-electron chi connectivity index (χ4n) is 1.82. The zero-order valence-electron chi connectivity index (χ0n) is 10.1. The quantitative estimate of drug-likeness (QED) is 0.855. The number of nitrogens with zero attached hydrogens (tertiary/aromatic N) is 2. The molecule has 6 heteroatoms. The molecule has 0 spiro atoms. The Bertz CT molecular complexity index is 570. The number of aromatic carboxylic acids is 1. The molecular formula is C12H14N2O4. The molecule has 0 fully saturated rings. The predicted octanol–water partition coefficient (Wildman–Crippen LogP) is 1.36. The maximum atomic E-state index is 10.7. The van der Waals surface area contributed by atoms with E-state index in [4.69, 9.17) is 9.52 Å². The standard InChI is InChI=1S/C12H14N2O4/c1-3-8-7(6-14(2)13-8)11(15)9-4-5-10(18-9)12(16)17/h4-6,11,15H,3H2,1-2H3,(H,16,17). The summed E-state index contributed by atoms with van der Waals surface area (Å²) in [5, 5.41) is 23.2. The highest BCUT2D eigenvalue weighted by atomic mass is 16.4. The highest BCUT2D eigenvalue weighted by molar-refractivity contribution is 5.84. The van der Waals surface area contributed by atoms with Gasteiger partial charge in [-0.05, 0) is 18.6 Å². The molecule has 0 bridgehead atoms. The molecule has 0 radical (unpaired) electrons. The molecule has 2 heterocycles. The van der Waals surface area contributed by atoms with Crippen molar-refractivity contribution in [3.63, 3.8) is 0 Å². The number of aromatic nitrogens is 2. The van der Waals surface area contributed by atoms with E-state index in [2.05, 4.69) is 5.10 Å². The average molecular weight is 250 g/mol. The van der Waals surface area contributed by atoms with E-state index < -0.39 is 12.1 Å². The summed E-state index contributed by atoms with van der Waals surface area (Å²) in [7, 11) is 1.76. The van der Waals surface area contributed by atoms with Gasteiger partial charge in [0.25, 0.3) is 0 Å². The van der Waals surface area contributed by atoms with Crippen LogP contribution in [0, 0.1) is 0 Å². The number of carbonyl (C=O) groups is 1. The molecule has 2 N–H and O–H groups in total. The number of aliphatic hydroxyl groups is 1. The smallest absolute Gasteiger partial charge is 0.371 e. The van der Waals surface area contributed by atoms with Gasteiger partial charge in [-0.3, -0.25) is 4.68 Å². The number of aliphatic hydroxyl groups excluding tert-OH is 1. The van der Waals surface area contributed by atoms with Crippen molar-refractivity contribution in [3.05, 3.63) is 41.1 Å². The summed E-state index contributed by atoms with van der Waals surface area (Å²) in [5.74, 6) is -1.14. The summed E-state index contributed by atoms with van der Waals surface area (Å²) in [5.41, 5.74) is 1.39. The molecule has 0 saturated carbocycles. The van der Waals surface area contributed by atoms with Crippen molar-refractivity contribution < 1.29 is 19.4 Å². The first-order chi connectivity index (χ1) is 8.52. The number of hydrogen-bond donors (Lipinski definition) is 2. The lowest BCUT2D eigenvalue weighted by Gasteiger charge is -2.06. The third-order valence-corrected chi connectivity index (χ3v) is 2.67. The Morgan fingerprint density at radius 1 is 1.56 bits per heavy atom. The second-order valence-electron chi connectivity index (χ2n) is 3.97. The van der Waals surface area contributed by atoms with E-state index in [-0.39, 0.29) is 11.5 Å². The zero-order valence-corrected chi connectivity index (χ0v) is 10.1. The number of hydrogen-bond acceptors (Lipinski definition) is 4. The molecule has 2 aromatic rings. The minimum Gasteiger partial charge on any atom is -0.475 e. The molecule has 1 atom stereocenters. The molecule has 0 aliphatic heterocycles. The predicted molar refractivity (Wildman–Crippen MR) is 62.3 cm³/mol. The van der Waals surface area contributed by atoms with E-state index in [1.54, 1.807) is 17.9 Å². The Labute approximate surface area is 103 Å². The van der Waals surface area contributed by atoms with Gasteiger partial charge in [-0.1, -0.05) is 6.92 Å². The highest BCUT2D eigenvalue weighted by Crippen LogP contribution is 2.26. The van der Waals surface area contributed by atoms with Crippen molar-refractivity contribution in [3.8, 4) is 0 Å². The van der Waals surface area contributed by atoms with Gasteiger partial charge < -0.3 is 14.6 Å². The average Bonchev–Trinajstić information content (AvgIpc) is 2.94. The third kappa shape index (κ3) is 2.14. The number of rotatable bonds is 4. The summed E-state index contributed by atoms with van der Waals surface area (Å²) in [6.45, 7) is 1.93. The molecule has 2 aromatic heterocycles. The van der Waals surface area contributed by atoms with Crippen LogP contribution >= 0.6 is 0 Å². The molecule has 6 nitrogen and oxygen atoms in total. The highest BCUT2D eigenvalue weighted by Gasteiger charge is 2.21. The van der Waals surface area contributed by atoms with Crippen molar-refractivity contribution in [2.75, 3.05) is 0 Å². The molecule has 96 valence electrons. The van der Waals surface area contributed by atoms with E-state index in [1.807, 2.05) is 6.92 Å². The van der Waals surface area contributed by atoms with Crippen molar-refractivity contribution in [2.24, 2.45) is 7.05 Å². The van der Waals surface area contributed by atoms with E-state index >= 15 is 0 Å². The molecule has 0 saturated heterocycles. The lowest BCUT2D eigenvalue weighted by molar-refractivity contribution is 0.0655. The minimum atomic E-state index is -1.16. The van der Waals surface area contributed by atoms with Gasteiger partial charge in [0.1, 0.15) is 11.9 Å². The van der Waals surface area contributed by atoms with Crippen LogP contribution in [0.5, 0.6) is 0 Å². The number of carboxylic acid groups (broad SMARTS) is 1. The minimum absolute atomic E-state index is 0.189. The van der Waals surface area contributed by atoms with Gasteiger partial charge in [-0.25, -0.2) is 4.79 Å². The molecule has 0 amide bonds. The zero-order chi connectivity index (χ0) is 13.3. The number of aryl methyl sites for hydroxylation is 2. The van der Waals surface area contributed by atoms with Gasteiger partial charge in [0.2, 0.25) is 5.76 Å². The summed E-state index contributed by atoms with van der Waals surface area (Å²) in [6.07, 6.45) is 1.38. The second-order valence-corrected chi connectivity index (χ2v) is 3.97. The lowest BCUT2D eigenvalue weighted by atomic mass is 10.1. The Kier molecular flexibility index (Phi) is 3.20. The third-order valence-electron chi connectivity index (χ3n) is 2.67. The van der Waals surface area contributed by atoms with Crippen LogP contribution in [0.2, 0.25) is 0 Å². The first-order valence-corrected chi connectivity index (χ1v) is 5.56. The van der Waals surface area contributed by atoms with Gasteiger partial charge in [0.05, 0.1) is 5.69 Å². The molecule has 0 aliphatic rings. The van der Waals surface area contributed by atoms with Crippen LogP contribution < -0.4 is 0 Å². The van der Waals surface area contributed by atoms with Gasteiger partial charge in [-0.15, -0.1) is 0 Å². The SMILES string of the molecule is CCc1nn(C)cc1C(O)c1ccc(C(=O)O)o1. The second kappa shape index (κ2) is 4.66. The monoisotopic (exact) mass is 250 g/mol. The topological polar surface area (TPSA) is 88.5 Å². The van der Waals surface area contributed by atoms with Crippen LogP contribution in [0.4, 0.5) is 0 Å². The van der Waals surface area contributed by atoms with Crippen LogP contribution in [0.1, 0.15) is 40.6 Å². The maximum absolute atomic E-state index is 10.7. The Morgan fingerprint density at radius 2 is 2.28 bits per heavy atom. The number of carboxylic acids is 1. The van der Waals surface area contributed by atoms with Crippen LogP contribution in [0.25, 0.3) is 0 Å². The normalized spacial score (nSPS) is 12.6. The summed E-state index contributed by atoms with van der Waals surface area (Å²) in [4.78, 5) is 10.7. The molecule has 2 rings (SSSR count). The Hall–Kier alpha value is -2.08. The largest absolute Gasteiger partial charge is 0.475 e. The fraction of sp³-hybridized carbons (Fsp3) is 0.333. The molecule has 1 unspecified atom stereocenters. The maximum Gasteiger partial charge on any atom is 0.371 e. The van der Waals surface area contributed by atoms with Crippen LogP contribution in [-0.4, -0.2) is 26.0 Å². The lowest BCUT2D eigenvalue weighted by Crippen LogP contribution is -2.00. The molecular weight excluding hydrogens is 236 g/mol. The van der Waals surface area contributed by atoms with Crippen molar-refractivity contribution >= 4 is 5.97 Å². The van der Waals surface area contributed by atoms with Crippen LogP contribution in [0.15, 0.2) is 22.7 Å². The summed E-state index contributed by atoms with van der Waals surface area (Å²) >= 11 is 0.